The second kappa shape index (κ2) is 8.34. The monoisotopic (exact) mass is 430 g/mol. The van der Waals surface area contributed by atoms with Crippen molar-refractivity contribution < 1.29 is 14.3 Å². The van der Waals surface area contributed by atoms with Crippen LogP contribution in [0.25, 0.3) is 10.4 Å². The smallest absolute Gasteiger partial charge is 0.221 e. The number of ketones is 1. The summed E-state index contributed by atoms with van der Waals surface area (Å²) in [5.74, 6) is 0.652. The number of carbonyl (C=O) groups excluding carboxylic acids is 2. The van der Waals surface area contributed by atoms with Gasteiger partial charge in [-0.25, -0.2) is 4.98 Å². The van der Waals surface area contributed by atoms with Gasteiger partial charge in [0.05, 0.1) is 23.0 Å². The summed E-state index contributed by atoms with van der Waals surface area (Å²) in [6.45, 7) is 2.45. The Morgan fingerprint density at radius 2 is 2.24 bits per heavy atom. The summed E-state index contributed by atoms with van der Waals surface area (Å²) >= 11 is 7.89. The summed E-state index contributed by atoms with van der Waals surface area (Å²) in [6.07, 6.45) is 3.85. The molecule has 29 heavy (non-hydrogen) atoms. The van der Waals surface area contributed by atoms with Crippen molar-refractivity contribution in [1.29, 1.82) is 0 Å². The van der Waals surface area contributed by atoms with Crippen LogP contribution in [0.5, 0.6) is 5.75 Å². The molecule has 2 aromatic heterocycles. The van der Waals surface area contributed by atoms with Gasteiger partial charge in [-0.05, 0) is 36.8 Å². The Bertz CT molecular complexity index is 1050. The number of nitrogens with zero attached hydrogens (tertiary/aromatic N) is 3. The summed E-state index contributed by atoms with van der Waals surface area (Å²) < 4.78 is 7.56. The van der Waals surface area contributed by atoms with Gasteiger partial charge in [-0.3, -0.25) is 14.3 Å². The van der Waals surface area contributed by atoms with Crippen LogP contribution in [-0.2, 0) is 17.8 Å². The number of halogens is 1. The molecule has 1 atom stereocenters. The number of fused-ring (bicyclic) bond motifs is 1. The number of aromatic nitrogens is 3. The molecule has 3 heterocycles. The molecular formula is C20H19ClN4O3S. The lowest BCUT2D eigenvalue weighted by atomic mass is 10.1. The normalized spacial score (nSPS) is 15.0. The molecule has 4 rings (SSSR count). The molecule has 0 radical (unpaired) electrons. The minimum absolute atomic E-state index is 0.0523. The van der Waals surface area contributed by atoms with Crippen LogP contribution in [0.4, 0.5) is 0 Å². The Labute approximate surface area is 176 Å². The number of aryl methyl sites for hydroxylation is 1. The van der Waals surface area contributed by atoms with Gasteiger partial charge < -0.3 is 10.1 Å². The van der Waals surface area contributed by atoms with E-state index in [1.165, 1.54) is 17.7 Å². The van der Waals surface area contributed by atoms with Gasteiger partial charge in [-0.1, -0.05) is 11.6 Å². The number of amides is 1. The van der Waals surface area contributed by atoms with Crippen LogP contribution in [0.1, 0.15) is 28.6 Å². The largest absolute Gasteiger partial charge is 0.486 e. The maximum absolute atomic E-state index is 12.1. The van der Waals surface area contributed by atoms with E-state index in [-0.39, 0.29) is 17.8 Å². The topological polar surface area (TPSA) is 86.1 Å². The molecule has 9 heteroatoms. The van der Waals surface area contributed by atoms with Crippen molar-refractivity contribution in [3.8, 4) is 16.2 Å². The third-order valence-electron chi connectivity index (χ3n) is 4.65. The predicted octanol–water partition coefficient (Wildman–Crippen LogP) is 3.37. The molecular weight excluding hydrogens is 412 g/mol. The minimum atomic E-state index is -0.163. The number of hydrogen-bond acceptors (Lipinski definition) is 6. The zero-order chi connectivity index (χ0) is 20.4. The van der Waals surface area contributed by atoms with Crippen LogP contribution in [0.15, 0.2) is 36.9 Å². The highest BCUT2D eigenvalue weighted by molar-refractivity contribution is 7.17. The number of carbonyl (C=O) groups is 2. The van der Waals surface area contributed by atoms with Crippen LogP contribution in [0, 0.1) is 0 Å². The Morgan fingerprint density at radius 3 is 2.97 bits per heavy atom. The lowest BCUT2D eigenvalue weighted by Crippen LogP contribution is -2.34. The lowest BCUT2D eigenvalue weighted by molar-refractivity contribution is -0.121. The molecule has 1 aliphatic rings. The molecule has 3 aromatic rings. The van der Waals surface area contributed by atoms with Gasteiger partial charge in [0.25, 0.3) is 0 Å². The van der Waals surface area contributed by atoms with E-state index in [1.807, 2.05) is 24.3 Å². The van der Waals surface area contributed by atoms with E-state index >= 15 is 0 Å². The fraction of sp³-hybridized carbons (Fsp3) is 0.300. The maximum Gasteiger partial charge on any atom is 0.221 e. The number of thiophene rings is 1. The minimum Gasteiger partial charge on any atom is -0.486 e. The number of nitrogens with one attached hydrogen (secondary N) is 1. The number of hydrogen-bond donors (Lipinski definition) is 1. The van der Waals surface area contributed by atoms with E-state index < -0.39 is 0 Å². The van der Waals surface area contributed by atoms with Gasteiger partial charge in [-0.2, -0.15) is 5.10 Å². The molecule has 150 valence electrons. The molecule has 1 aromatic carbocycles. The van der Waals surface area contributed by atoms with Crippen molar-refractivity contribution in [2.24, 2.45) is 0 Å². The van der Waals surface area contributed by atoms with E-state index in [4.69, 9.17) is 16.3 Å². The maximum atomic E-state index is 12.1. The van der Waals surface area contributed by atoms with Crippen molar-refractivity contribution in [1.82, 2.24) is 20.1 Å². The number of rotatable bonds is 7. The highest BCUT2D eigenvalue weighted by atomic mass is 35.5. The standard InChI is InChI=1S/C20H19ClN4O3S/c1-12(26)17-2-3-18(29-17)13-6-14-7-15(28-20(14)16(21)8-13)9-23-19(27)4-5-25-11-22-10-24-25/h2-3,6,8,10-11,15H,4-5,7,9H2,1H3,(H,23,27). The van der Waals surface area contributed by atoms with Gasteiger partial charge >= 0.3 is 0 Å². The van der Waals surface area contributed by atoms with Crippen LogP contribution in [0.3, 0.4) is 0 Å². The van der Waals surface area contributed by atoms with Crippen molar-refractivity contribution in [3.05, 3.63) is 52.4 Å². The summed E-state index contributed by atoms with van der Waals surface area (Å²) in [7, 11) is 0. The summed E-state index contributed by atoms with van der Waals surface area (Å²) in [5, 5.41) is 7.41. The summed E-state index contributed by atoms with van der Waals surface area (Å²) in [6, 6.07) is 7.67. The first-order chi connectivity index (χ1) is 14.0. The molecule has 0 saturated heterocycles. The van der Waals surface area contributed by atoms with Crippen LogP contribution in [-0.4, -0.2) is 39.1 Å². The quantitative estimate of drug-likeness (QED) is 0.581. The lowest BCUT2D eigenvalue weighted by Gasteiger charge is -2.12. The second-order valence-corrected chi connectivity index (χ2v) is 8.31. The van der Waals surface area contributed by atoms with E-state index in [0.29, 0.717) is 36.7 Å². The molecule has 0 fully saturated rings. The van der Waals surface area contributed by atoms with Crippen LogP contribution in [0.2, 0.25) is 5.02 Å². The molecule has 1 amide bonds. The SMILES string of the molecule is CC(=O)c1ccc(-c2cc(Cl)c3c(c2)CC(CNC(=O)CCn2cncn2)O3)s1. The predicted molar refractivity (Wildman–Crippen MR) is 111 cm³/mol. The number of Topliss-reactive ketones (excluding diaryl/α,β-unsaturated/α-hetero) is 1. The van der Waals surface area contributed by atoms with Gasteiger partial charge in [-0.15, -0.1) is 11.3 Å². The van der Waals surface area contributed by atoms with Gasteiger partial charge in [0, 0.05) is 23.3 Å². The Hall–Kier alpha value is -2.71. The van der Waals surface area contributed by atoms with E-state index in [2.05, 4.69) is 15.4 Å². The second-order valence-electron chi connectivity index (χ2n) is 6.82. The van der Waals surface area contributed by atoms with Crippen LogP contribution >= 0.6 is 22.9 Å². The molecule has 1 N–H and O–H groups in total. The highest BCUT2D eigenvalue weighted by Crippen LogP contribution is 2.41. The van der Waals surface area contributed by atoms with Gasteiger partial charge in [0.15, 0.2) is 5.78 Å². The molecule has 0 saturated carbocycles. The van der Waals surface area contributed by atoms with Gasteiger partial charge in [0.2, 0.25) is 5.91 Å². The Kier molecular flexibility index (Phi) is 5.64. The fourth-order valence-corrected chi connectivity index (χ4v) is 4.38. The first-order valence-corrected chi connectivity index (χ1v) is 10.4. The molecule has 1 unspecified atom stereocenters. The average Bonchev–Trinajstić information content (AvgIpc) is 3.44. The van der Waals surface area contributed by atoms with E-state index in [0.717, 1.165) is 20.9 Å². The van der Waals surface area contributed by atoms with Crippen molar-refractivity contribution in [3.63, 3.8) is 0 Å². The van der Waals surface area contributed by atoms with E-state index in [1.54, 1.807) is 17.9 Å². The van der Waals surface area contributed by atoms with Crippen molar-refractivity contribution >= 4 is 34.6 Å². The van der Waals surface area contributed by atoms with Crippen LogP contribution < -0.4 is 10.1 Å². The fourth-order valence-electron chi connectivity index (χ4n) is 3.21. The Morgan fingerprint density at radius 1 is 1.38 bits per heavy atom. The van der Waals surface area contributed by atoms with Crippen molar-refractivity contribution in [2.75, 3.05) is 6.54 Å². The molecule has 0 aliphatic carbocycles. The third kappa shape index (κ3) is 4.49. The first-order valence-electron chi connectivity index (χ1n) is 9.19. The number of ether oxygens (including phenoxy) is 1. The summed E-state index contributed by atoms with van der Waals surface area (Å²) in [4.78, 5) is 29.2. The Balaban J connectivity index is 1.36. The molecule has 7 nitrogen and oxygen atoms in total. The zero-order valence-corrected chi connectivity index (χ0v) is 17.3. The average molecular weight is 431 g/mol. The third-order valence-corrected chi connectivity index (χ3v) is 6.17. The summed E-state index contributed by atoms with van der Waals surface area (Å²) in [5.41, 5.74) is 1.97. The van der Waals surface area contributed by atoms with Gasteiger partial charge in [0.1, 0.15) is 24.5 Å². The highest BCUT2D eigenvalue weighted by Gasteiger charge is 2.26. The zero-order valence-electron chi connectivity index (χ0n) is 15.7. The molecule has 0 bridgehead atoms. The molecule has 1 aliphatic heterocycles. The van der Waals surface area contributed by atoms with Crippen molar-refractivity contribution in [2.45, 2.75) is 32.4 Å². The van der Waals surface area contributed by atoms with E-state index in [9.17, 15) is 9.59 Å². The first kappa shape index (κ1) is 19.6. The molecule has 0 spiro atoms. The number of benzene rings is 1.